The van der Waals surface area contributed by atoms with E-state index in [2.05, 4.69) is 0 Å². The second-order valence-electron chi connectivity index (χ2n) is 8.14. The molecule has 3 aliphatic rings. The van der Waals surface area contributed by atoms with Gasteiger partial charge < -0.3 is 19.3 Å². The Bertz CT molecular complexity index is 932. The van der Waals surface area contributed by atoms with Gasteiger partial charge in [0.1, 0.15) is 18.3 Å². The molecule has 0 unspecified atom stereocenters. The van der Waals surface area contributed by atoms with Crippen molar-refractivity contribution in [2.75, 3.05) is 0 Å². The van der Waals surface area contributed by atoms with Crippen LogP contribution >= 0.6 is 0 Å². The van der Waals surface area contributed by atoms with E-state index < -0.39 is 53.5 Å². The van der Waals surface area contributed by atoms with Crippen molar-refractivity contribution in [2.24, 2.45) is 11.8 Å². The lowest BCUT2D eigenvalue weighted by Crippen LogP contribution is -2.42. The topological polar surface area (TPSA) is 82.1 Å². The number of carbonyl (C=O) groups excluding carboxylic acids is 1. The summed E-state index contributed by atoms with van der Waals surface area (Å²) in [4.78, 5) is 23.3. The van der Waals surface area contributed by atoms with Crippen molar-refractivity contribution >= 4 is 11.9 Å². The van der Waals surface area contributed by atoms with Gasteiger partial charge in [0.25, 0.3) is 0 Å². The Morgan fingerprint density at radius 3 is 1.93 bits per heavy atom. The molecule has 1 N–H and O–H groups in total. The molecule has 2 aliphatic carbocycles. The number of rotatable bonds is 4. The number of carbonyl (C=O) groups is 2. The van der Waals surface area contributed by atoms with Gasteiger partial charge in [-0.1, -0.05) is 60.7 Å². The number of carboxylic acid groups (broad SMARTS) is 1. The minimum atomic E-state index is -2.55. The number of halogens is 1. The molecule has 0 radical (unpaired) electrons. The van der Waals surface area contributed by atoms with E-state index in [1.54, 1.807) is 0 Å². The van der Waals surface area contributed by atoms with Gasteiger partial charge in [0, 0.05) is 13.3 Å². The zero-order valence-corrected chi connectivity index (χ0v) is 16.2. The molecular weight excluding hydrogens is 391 g/mol. The molecule has 156 valence electrons. The molecule has 2 saturated carbocycles. The zero-order valence-electron chi connectivity index (χ0n) is 16.2. The van der Waals surface area contributed by atoms with Gasteiger partial charge in [-0.15, -0.1) is 0 Å². The summed E-state index contributed by atoms with van der Waals surface area (Å²) in [7, 11) is 0. The summed E-state index contributed by atoms with van der Waals surface area (Å²) in [6.45, 7) is 1.22. The molecule has 6 nitrogen and oxygen atoms in total. The monoisotopic (exact) mass is 412 g/mol. The smallest absolute Gasteiger partial charge is 0.342 e. The molecule has 30 heavy (non-hydrogen) atoms. The van der Waals surface area contributed by atoms with E-state index in [0.29, 0.717) is 0 Å². The van der Waals surface area contributed by atoms with Gasteiger partial charge in [0.15, 0.2) is 5.79 Å². The van der Waals surface area contributed by atoms with Crippen molar-refractivity contribution in [2.45, 2.75) is 43.1 Å². The largest absolute Gasteiger partial charge is 0.479 e. The van der Waals surface area contributed by atoms with Crippen LogP contribution < -0.4 is 0 Å². The molecule has 5 rings (SSSR count). The molecule has 0 bridgehead atoms. The second-order valence-corrected chi connectivity index (χ2v) is 8.14. The van der Waals surface area contributed by atoms with Crippen LogP contribution in [0, 0.1) is 11.8 Å². The van der Waals surface area contributed by atoms with E-state index in [-0.39, 0.29) is 6.42 Å². The van der Waals surface area contributed by atoms with E-state index in [1.165, 1.54) is 6.92 Å². The summed E-state index contributed by atoms with van der Waals surface area (Å²) in [6, 6.07) is 18.8. The second kappa shape index (κ2) is 6.62. The van der Waals surface area contributed by atoms with Crippen molar-refractivity contribution in [3.8, 4) is 0 Å². The third-order valence-corrected chi connectivity index (χ3v) is 6.38. The summed E-state index contributed by atoms with van der Waals surface area (Å²) in [5, 5.41) is 9.55. The highest BCUT2D eigenvalue weighted by Crippen LogP contribution is 2.72. The minimum absolute atomic E-state index is 0.0908. The van der Waals surface area contributed by atoms with Crippen LogP contribution in [-0.2, 0) is 23.8 Å². The average molecular weight is 412 g/mol. The Morgan fingerprint density at radius 1 is 1.00 bits per heavy atom. The van der Waals surface area contributed by atoms with E-state index in [4.69, 9.17) is 14.2 Å². The SMILES string of the molecule is CC(=O)O[C@@H]1CC2(O[C@@H](c3ccccc3)[C@H](c3ccccc3)O2)[C@@H]2[C@H]1[C@@]2(F)C(=O)O. The number of benzene rings is 2. The Balaban J connectivity index is 1.56. The fourth-order valence-electron chi connectivity index (χ4n) is 5.19. The highest BCUT2D eigenvalue weighted by molar-refractivity contribution is 5.84. The summed E-state index contributed by atoms with van der Waals surface area (Å²) >= 11 is 0. The molecule has 0 aromatic heterocycles. The van der Waals surface area contributed by atoms with Gasteiger partial charge in [0.05, 0.1) is 11.8 Å². The number of alkyl halides is 1. The number of fused-ring (bicyclic) bond motifs is 2. The number of aliphatic carboxylic acids is 1. The van der Waals surface area contributed by atoms with E-state index in [9.17, 15) is 14.7 Å². The molecule has 1 saturated heterocycles. The van der Waals surface area contributed by atoms with Crippen molar-refractivity contribution in [1.82, 2.24) is 0 Å². The molecule has 1 spiro atoms. The van der Waals surface area contributed by atoms with Crippen LogP contribution in [0.1, 0.15) is 36.7 Å². The van der Waals surface area contributed by atoms with Gasteiger partial charge in [0.2, 0.25) is 5.67 Å². The van der Waals surface area contributed by atoms with E-state index in [1.807, 2.05) is 60.7 Å². The van der Waals surface area contributed by atoms with Gasteiger partial charge in [-0.3, -0.25) is 4.79 Å². The van der Waals surface area contributed by atoms with Crippen molar-refractivity contribution in [1.29, 1.82) is 0 Å². The third kappa shape index (κ3) is 2.69. The van der Waals surface area contributed by atoms with Gasteiger partial charge in [-0.2, -0.15) is 0 Å². The summed E-state index contributed by atoms with van der Waals surface area (Å²) in [6.07, 6.45) is -1.93. The van der Waals surface area contributed by atoms with Crippen molar-refractivity contribution in [3.63, 3.8) is 0 Å². The molecule has 0 amide bonds. The average Bonchev–Trinajstić information content (AvgIpc) is 3.06. The minimum Gasteiger partial charge on any atom is -0.479 e. The van der Waals surface area contributed by atoms with Crippen LogP contribution in [0.2, 0.25) is 0 Å². The molecule has 6 atom stereocenters. The number of carboxylic acids is 1. The molecule has 2 aromatic carbocycles. The van der Waals surface area contributed by atoms with Crippen LogP contribution in [-0.4, -0.2) is 34.6 Å². The van der Waals surface area contributed by atoms with Gasteiger partial charge in [-0.05, 0) is 11.1 Å². The van der Waals surface area contributed by atoms with Gasteiger partial charge in [-0.25, -0.2) is 9.18 Å². The van der Waals surface area contributed by atoms with Crippen molar-refractivity contribution in [3.05, 3.63) is 71.8 Å². The summed E-state index contributed by atoms with van der Waals surface area (Å²) in [5.74, 6) is -5.71. The van der Waals surface area contributed by atoms with Crippen LogP contribution in [0.5, 0.6) is 0 Å². The molecule has 2 aromatic rings. The normalized spacial score (nSPS) is 35.7. The van der Waals surface area contributed by atoms with Crippen LogP contribution in [0.15, 0.2) is 60.7 Å². The standard InChI is InChI=1S/C23H21FO6/c1-13(25)28-16-12-22(20-17(16)23(20,24)21(26)27)29-18(14-8-4-2-5-9-14)19(30-22)15-10-6-3-7-11-15/h2-11,16-20H,12H2,1H3,(H,26,27)/t16-,17+,18+,19+,20+,23+/m1/s1. The predicted molar refractivity (Wildman–Crippen MR) is 102 cm³/mol. The molecule has 1 aliphatic heterocycles. The molecule has 7 heteroatoms. The zero-order chi connectivity index (χ0) is 21.1. The number of hydrogen-bond acceptors (Lipinski definition) is 5. The lowest BCUT2D eigenvalue weighted by Gasteiger charge is -2.29. The van der Waals surface area contributed by atoms with Crippen molar-refractivity contribution < 1.29 is 33.3 Å². The Morgan fingerprint density at radius 2 is 1.50 bits per heavy atom. The maximum Gasteiger partial charge on any atom is 0.342 e. The summed E-state index contributed by atoms with van der Waals surface area (Å²) in [5.41, 5.74) is -0.863. The van der Waals surface area contributed by atoms with Gasteiger partial charge >= 0.3 is 11.9 Å². The molecule has 3 fully saturated rings. The highest BCUT2D eigenvalue weighted by Gasteiger charge is 2.88. The van der Waals surface area contributed by atoms with Crippen LogP contribution in [0.4, 0.5) is 4.39 Å². The van der Waals surface area contributed by atoms with E-state index in [0.717, 1.165) is 11.1 Å². The maximum atomic E-state index is 15.4. The number of ether oxygens (including phenoxy) is 3. The first-order valence-corrected chi connectivity index (χ1v) is 9.92. The predicted octanol–water partition coefficient (Wildman–Crippen LogP) is 3.59. The van der Waals surface area contributed by atoms with Crippen LogP contribution in [0.3, 0.4) is 0 Å². The fraction of sp³-hybridized carbons (Fsp3) is 0.391. The first-order valence-electron chi connectivity index (χ1n) is 9.92. The lowest BCUT2D eigenvalue weighted by molar-refractivity contribution is -0.209. The van der Waals surface area contributed by atoms with Crippen LogP contribution in [0.25, 0.3) is 0 Å². The Hall–Kier alpha value is -2.77. The third-order valence-electron chi connectivity index (χ3n) is 6.38. The Labute approximate surface area is 172 Å². The fourth-order valence-corrected chi connectivity index (χ4v) is 5.19. The first-order chi connectivity index (χ1) is 14.4. The quantitative estimate of drug-likeness (QED) is 0.773. The lowest BCUT2D eigenvalue weighted by atomic mass is 9.99. The van der Waals surface area contributed by atoms with E-state index >= 15 is 4.39 Å². The molecular formula is C23H21FO6. The Kier molecular flexibility index (Phi) is 4.24. The molecule has 1 heterocycles. The number of hydrogen-bond donors (Lipinski definition) is 1. The summed E-state index contributed by atoms with van der Waals surface area (Å²) < 4.78 is 33.4. The highest BCUT2D eigenvalue weighted by atomic mass is 19.1. The number of esters is 1. The maximum absolute atomic E-state index is 15.4. The first kappa shape index (κ1) is 19.2.